The van der Waals surface area contributed by atoms with E-state index < -0.39 is 0 Å². The standard InChI is InChI=1S/C22H23Cl4NO3/c1-2-4-15-5-7-16(8-6-15)22(28)27-10-3-11-30-21-18(23)13-17(14-19(21)24)29-12-9-20(25)26/h5-9,13-14H,2-4,10-12H2,1H3,(H,27,28). The van der Waals surface area contributed by atoms with Crippen LogP contribution in [0.25, 0.3) is 0 Å². The lowest BCUT2D eigenvalue weighted by Crippen LogP contribution is -2.25. The van der Waals surface area contributed by atoms with Crippen molar-refractivity contribution in [2.75, 3.05) is 19.8 Å². The highest BCUT2D eigenvalue weighted by atomic mass is 35.5. The SMILES string of the molecule is CCCc1ccc(C(=O)NCCCOc2c(Cl)cc(OCC=C(Cl)Cl)cc2Cl)cc1. The van der Waals surface area contributed by atoms with Crippen molar-refractivity contribution in [2.45, 2.75) is 26.2 Å². The third-order valence-electron chi connectivity index (χ3n) is 4.07. The van der Waals surface area contributed by atoms with E-state index in [0.29, 0.717) is 46.7 Å². The first-order chi connectivity index (χ1) is 14.4. The van der Waals surface area contributed by atoms with Crippen LogP contribution in [-0.2, 0) is 6.42 Å². The number of benzene rings is 2. The summed E-state index contributed by atoms with van der Waals surface area (Å²) in [7, 11) is 0. The monoisotopic (exact) mass is 489 g/mol. The van der Waals surface area contributed by atoms with E-state index in [2.05, 4.69) is 12.2 Å². The Bertz CT molecular complexity index is 842. The highest BCUT2D eigenvalue weighted by Gasteiger charge is 2.11. The maximum absolute atomic E-state index is 12.2. The highest BCUT2D eigenvalue weighted by Crippen LogP contribution is 2.37. The average Bonchev–Trinajstić information content (AvgIpc) is 2.70. The van der Waals surface area contributed by atoms with Crippen molar-refractivity contribution in [2.24, 2.45) is 0 Å². The summed E-state index contributed by atoms with van der Waals surface area (Å²) >= 11 is 23.5. The van der Waals surface area contributed by atoms with Crippen LogP contribution < -0.4 is 14.8 Å². The first kappa shape index (κ1) is 24.7. The zero-order chi connectivity index (χ0) is 21.9. The lowest BCUT2D eigenvalue weighted by molar-refractivity contribution is 0.0951. The van der Waals surface area contributed by atoms with Gasteiger partial charge in [-0.3, -0.25) is 4.79 Å². The molecule has 0 spiro atoms. The second kappa shape index (κ2) is 13.0. The summed E-state index contributed by atoms with van der Waals surface area (Å²) in [4.78, 5) is 12.2. The van der Waals surface area contributed by atoms with Crippen molar-refractivity contribution >= 4 is 52.3 Å². The van der Waals surface area contributed by atoms with Gasteiger partial charge in [-0.15, -0.1) is 0 Å². The molecule has 0 bridgehead atoms. The van der Waals surface area contributed by atoms with Crippen LogP contribution in [-0.4, -0.2) is 25.7 Å². The summed E-state index contributed by atoms with van der Waals surface area (Å²) in [6.07, 6.45) is 4.19. The molecular weight excluding hydrogens is 468 g/mol. The fraction of sp³-hybridized carbons (Fsp3) is 0.318. The topological polar surface area (TPSA) is 47.6 Å². The summed E-state index contributed by atoms with van der Waals surface area (Å²) in [5, 5.41) is 3.53. The van der Waals surface area contributed by atoms with Gasteiger partial charge in [-0.1, -0.05) is 71.9 Å². The lowest BCUT2D eigenvalue weighted by atomic mass is 10.1. The van der Waals surface area contributed by atoms with Gasteiger partial charge in [0.1, 0.15) is 16.8 Å². The summed E-state index contributed by atoms with van der Waals surface area (Å²) in [6, 6.07) is 10.9. The highest BCUT2D eigenvalue weighted by molar-refractivity contribution is 6.55. The lowest BCUT2D eigenvalue weighted by Gasteiger charge is -2.12. The Balaban J connectivity index is 1.77. The summed E-state index contributed by atoms with van der Waals surface area (Å²) in [6.45, 7) is 3.13. The van der Waals surface area contributed by atoms with E-state index in [0.717, 1.165) is 12.8 Å². The second-order valence-electron chi connectivity index (χ2n) is 6.43. The van der Waals surface area contributed by atoms with Crippen LogP contribution in [0.15, 0.2) is 47.0 Å². The minimum atomic E-state index is -0.110. The number of rotatable bonds is 11. The molecule has 2 aromatic rings. The van der Waals surface area contributed by atoms with Gasteiger partial charge in [0.25, 0.3) is 5.91 Å². The molecule has 1 N–H and O–H groups in total. The molecular formula is C22H23Cl4NO3. The van der Waals surface area contributed by atoms with Gasteiger partial charge in [-0.25, -0.2) is 0 Å². The van der Waals surface area contributed by atoms with Crippen molar-refractivity contribution in [3.63, 3.8) is 0 Å². The number of halogens is 4. The van der Waals surface area contributed by atoms with Crippen LogP contribution in [0.1, 0.15) is 35.7 Å². The molecule has 0 aliphatic rings. The molecule has 2 aromatic carbocycles. The Hall–Kier alpha value is -1.59. The van der Waals surface area contributed by atoms with E-state index in [1.54, 1.807) is 12.1 Å². The molecule has 0 aliphatic carbocycles. The van der Waals surface area contributed by atoms with Gasteiger partial charge in [0, 0.05) is 24.2 Å². The fourth-order valence-electron chi connectivity index (χ4n) is 2.62. The van der Waals surface area contributed by atoms with Crippen LogP contribution in [0.4, 0.5) is 0 Å². The molecule has 30 heavy (non-hydrogen) atoms. The molecule has 0 radical (unpaired) electrons. The summed E-state index contributed by atoms with van der Waals surface area (Å²) in [5.41, 5.74) is 1.87. The van der Waals surface area contributed by atoms with Gasteiger partial charge in [0.2, 0.25) is 0 Å². The first-order valence-electron chi connectivity index (χ1n) is 9.53. The minimum absolute atomic E-state index is 0.110. The Morgan fingerprint density at radius 1 is 1.07 bits per heavy atom. The van der Waals surface area contributed by atoms with E-state index in [9.17, 15) is 4.79 Å². The average molecular weight is 491 g/mol. The van der Waals surface area contributed by atoms with Gasteiger partial charge < -0.3 is 14.8 Å². The summed E-state index contributed by atoms with van der Waals surface area (Å²) < 4.78 is 11.2. The number of nitrogens with one attached hydrogen (secondary N) is 1. The van der Waals surface area contributed by atoms with Gasteiger partial charge in [0.05, 0.1) is 16.7 Å². The molecule has 1 amide bonds. The third kappa shape index (κ3) is 8.27. The zero-order valence-electron chi connectivity index (χ0n) is 16.5. The molecule has 0 atom stereocenters. The predicted octanol–water partition coefficient (Wildman–Crippen LogP) is 6.84. The number of hydrogen-bond acceptors (Lipinski definition) is 3. The second-order valence-corrected chi connectivity index (χ2v) is 8.25. The van der Waals surface area contributed by atoms with E-state index in [-0.39, 0.29) is 17.0 Å². The molecule has 162 valence electrons. The fourth-order valence-corrected chi connectivity index (χ4v) is 3.32. The number of amides is 1. The summed E-state index contributed by atoms with van der Waals surface area (Å²) in [5.74, 6) is 0.733. The minimum Gasteiger partial charge on any atom is -0.490 e. The molecule has 2 rings (SSSR count). The van der Waals surface area contributed by atoms with Crippen LogP contribution in [0, 0.1) is 0 Å². The maximum atomic E-state index is 12.2. The van der Waals surface area contributed by atoms with Crippen LogP contribution in [0.2, 0.25) is 10.0 Å². The number of carbonyl (C=O) groups excluding carboxylic acids is 1. The molecule has 0 unspecified atom stereocenters. The Morgan fingerprint density at radius 3 is 2.33 bits per heavy atom. The van der Waals surface area contributed by atoms with Crippen LogP contribution >= 0.6 is 46.4 Å². The Kier molecular flexibility index (Phi) is 10.7. The Labute approximate surface area is 197 Å². The third-order valence-corrected chi connectivity index (χ3v) is 4.94. The molecule has 0 heterocycles. The quantitative estimate of drug-likeness (QED) is 0.350. The van der Waals surface area contributed by atoms with E-state index >= 15 is 0 Å². The Morgan fingerprint density at radius 2 is 1.73 bits per heavy atom. The van der Waals surface area contributed by atoms with Crippen molar-refractivity contribution < 1.29 is 14.3 Å². The number of ether oxygens (including phenoxy) is 2. The molecule has 8 heteroatoms. The van der Waals surface area contributed by atoms with Gasteiger partial charge in [-0.2, -0.15) is 0 Å². The van der Waals surface area contributed by atoms with Crippen molar-refractivity contribution in [1.82, 2.24) is 5.32 Å². The van der Waals surface area contributed by atoms with E-state index in [1.807, 2.05) is 24.3 Å². The largest absolute Gasteiger partial charge is 0.490 e. The smallest absolute Gasteiger partial charge is 0.251 e. The molecule has 0 aromatic heterocycles. The number of hydrogen-bond donors (Lipinski definition) is 1. The number of carbonyl (C=O) groups is 1. The van der Waals surface area contributed by atoms with Crippen molar-refractivity contribution in [3.8, 4) is 11.5 Å². The van der Waals surface area contributed by atoms with Gasteiger partial charge >= 0.3 is 0 Å². The van der Waals surface area contributed by atoms with Gasteiger partial charge in [0.15, 0.2) is 5.75 Å². The molecule has 0 aliphatic heterocycles. The number of aryl methyl sites for hydroxylation is 1. The van der Waals surface area contributed by atoms with E-state index in [4.69, 9.17) is 55.9 Å². The van der Waals surface area contributed by atoms with Crippen LogP contribution in [0.5, 0.6) is 11.5 Å². The van der Waals surface area contributed by atoms with E-state index in [1.165, 1.54) is 11.6 Å². The first-order valence-corrected chi connectivity index (χ1v) is 11.0. The molecule has 0 saturated heterocycles. The van der Waals surface area contributed by atoms with Gasteiger partial charge in [-0.05, 0) is 36.6 Å². The van der Waals surface area contributed by atoms with Crippen LogP contribution in [0.3, 0.4) is 0 Å². The predicted molar refractivity (Wildman–Crippen MR) is 125 cm³/mol. The molecule has 4 nitrogen and oxygen atoms in total. The van der Waals surface area contributed by atoms with Crippen molar-refractivity contribution in [3.05, 3.63) is 68.1 Å². The molecule has 0 saturated carbocycles. The van der Waals surface area contributed by atoms with Crippen molar-refractivity contribution in [1.29, 1.82) is 0 Å². The normalized spacial score (nSPS) is 10.4. The zero-order valence-corrected chi connectivity index (χ0v) is 19.5. The maximum Gasteiger partial charge on any atom is 0.251 e. The molecule has 0 fully saturated rings.